The van der Waals surface area contributed by atoms with Gasteiger partial charge in [0.25, 0.3) is 0 Å². The monoisotopic (exact) mass is 248 g/mol. The number of benzene rings is 2. The lowest BCUT2D eigenvalue weighted by molar-refractivity contribution is 0.297. The zero-order valence-corrected chi connectivity index (χ0v) is 10.3. The van der Waals surface area contributed by atoms with Crippen molar-refractivity contribution in [2.24, 2.45) is 0 Å². The smallest absolute Gasteiger partial charge is 0.136 e. The Labute approximate surface area is 105 Å². The number of hydrogen-bond donors (Lipinski definition) is 0. The predicted octanol–water partition coefficient (Wildman–Crippen LogP) is 4.13. The van der Waals surface area contributed by atoms with Crippen molar-refractivity contribution < 1.29 is 9.13 Å². The highest BCUT2D eigenvalue weighted by atomic mass is 32.2. The van der Waals surface area contributed by atoms with Gasteiger partial charge in [-0.15, -0.1) is 11.8 Å². The molecule has 2 rings (SSSR count). The minimum absolute atomic E-state index is 0.272. The van der Waals surface area contributed by atoms with Gasteiger partial charge >= 0.3 is 0 Å². The average molecular weight is 248 g/mol. The highest BCUT2D eigenvalue weighted by molar-refractivity contribution is 7.98. The third-order valence-electron chi connectivity index (χ3n) is 2.36. The van der Waals surface area contributed by atoms with Crippen molar-refractivity contribution in [1.29, 1.82) is 0 Å². The van der Waals surface area contributed by atoms with Gasteiger partial charge in [-0.2, -0.15) is 0 Å². The third kappa shape index (κ3) is 3.24. The molecule has 0 bridgehead atoms. The largest absolute Gasteiger partial charge is 0.488 e. The Morgan fingerprint density at radius 3 is 2.59 bits per heavy atom. The van der Waals surface area contributed by atoms with E-state index in [-0.39, 0.29) is 5.82 Å². The molecule has 88 valence electrons. The normalized spacial score (nSPS) is 10.2. The molecule has 0 aliphatic heterocycles. The Balaban J connectivity index is 2.11. The van der Waals surface area contributed by atoms with Gasteiger partial charge in [0.05, 0.1) is 0 Å². The van der Waals surface area contributed by atoms with E-state index in [2.05, 4.69) is 0 Å². The van der Waals surface area contributed by atoms with Crippen LogP contribution in [0.25, 0.3) is 0 Å². The molecular weight excluding hydrogens is 235 g/mol. The standard InChI is InChI=1S/C14H13FOS/c1-17-14-8-7-12(15)9-13(14)16-10-11-5-3-2-4-6-11/h2-9H,10H2,1H3. The van der Waals surface area contributed by atoms with Crippen molar-refractivity contribution in [2.45, 2.75) is 11.5 Å². The summed E-state index contributed by atoms with van der Waals surface area (Å²) in [5.74, 6) is 0.326. The number of ether oxygens (including phenoxy) is 1. The number of thioether (sulfide) groups is 1. The van der Waals surface area contributed by atoms with Crippen LogP contribution in [0, 0.1) is 5.82 Å². The molecule has 0 spiro atoms. The molecule has 0 aliphatic rings. The minimum atomic E-state index is -0.272. The van der Waals surface area contributed by atoms with Gasteiger partial charge < -0.3 is 4.74 Å². The van der Waals surface area contributed by atoms with Crippen molar-refractivity contribution in [1.82, 2.24) is 0 Å². The van der Waals surface area contributed by atoms with Crippen molar-refractivity contribution in [3.63, 3.8) is 0 Å². The van der Waals surface area contributed by atoms with Crippen LogP contribution in [0.5, 0.6) is 5.75 Å². The maximum Gasteiger partial charge on any atom is 0.136 e. The molecule has 3 heteroatoms. The molecule has 0 unspecified atom stereocenters. The molecular formula is C14H13FOS. The molecule has 0 radical (unpaired) electrons. The Bertz CT molecular complexity index is 485. The maximum absolute atomic E-state index is 13.1. The van der Waals surface area contributed by atoms with Gasteiger partial charge in [0.1, 0.15) is 18.2 Å². The Kier molecular flexibility index (Phi) is 4.04. The van der Waals surface area contributed by atoms with Gasteiger partial charge in [-0.05, 0) is 24.0 Å². The van der Waals surface area contributed by atoms with Crippen LogP contribution in [0.3, 0.4) is 0 Å². The Morgan fingerprint density at radius 1 is 1.12 bits per heavy atom. The quantitative estimate of drug-likeness (QED) is 0.752. The lowest BCUT2D eigenvalue weighted by atomic mass is 10.2. The maximum atomic E-state index is 13.1. The molecule has 0 saturated heterocycles. The molecule has 0 aliphatic carbocycles. The fourth-order valence-electron chi connectivity index (χ4n) is 1.50. The van der Waals surface area contributed by atoms with E-state index >= 15 is 0 Å². The first-order chi connectivity index (χ1) is 8.29. The van der Waals surface area contributed by atoms with Crippen molar-refractivity contribution in [3.8, 4) is 5.75 Å². The lowest BCUT2D eigenvalue weighted by Gasteiger charge is -2.10. The van der Waals surface area contributed by atoms with E-state index in [0.717, 1.165) is 10.5 Å². The van der Waals surface area contributed by atoms with E-state index in [1.807, 2.05) is 36.6 Å². The summed E-state index contributed by atoms with van der Waals surface area (Å²) in [6.45, 7) is 0.456. The minimum Gasteiger partial charge on any atom is -0.488 e. The number of halogens is 1. The van der Waals surface area contributed by atoms with E-state index < -0.39 is 0 Å². The lowest BCUT2D eigenvalue weighted by Crippen LogP contribution is -1.96. The second-order valence-electron chi connectivity index (χ2n) is 3.57. The highest BCUT2D eigenvalue weighted by Gasteiger charge is 2.04. The summed E-state index contributed by atoms with van der Waals surface area (Å²) in [4.78, 5) is 0.947. The number of rotatable bonds is 4. The van der Waals surface area contributed by atoms with Crippen molar-refractivity contribution in [2.75, 3.05) is 6.26 Å². The van der Waals surface area contributed by atoms with E-state index in [9.17, 15) is 4.39 Å². The van der Waals surface area contributed by atoms with Gasteiger partial charge in [-0.3, -0.25) is 0 Å². The van der Waals surface area contributed by atoms with Crippen molar-refractivity contribution >= 4 is 11.8 Å². The predicted molar refractivity (Wildman–Crippen MR) is 69.0 cm³/mol. The molecule has 0 amide bonds. The van der Waals surface area contributed by atoms with Crippen LogP contribution in [-0.4, -0.2) is 6.26 Å². The topological polar surface area (TPSA) is 9.23 Å². The molecule has 17 heavy (non-hydrogen) atoms. The molecule has 0 fully saturated rings. The van der Waals surface area contributed by atoms with Crippen LogP contribution in [-0.2, 0) is 6.61 Å². The highest BCUT2D eigenvalue weighted by Crippen LogP contribution is 2.28. The summed E-state index contributed by atoms with van der Waals surface area (Å²) in [6, 6.07) is 14.4. The van der Waals surface area contributed by atoms with E-state index in [1.54, 1.807) is 17.8 Å². The van der Waals surface area contributed by atoms with Crippen LogP contribution < -0.4 is 4.74 Å². The Hall–Kier alpha value is -1.48. The Morgan fingerprint density at radius 2 is 1.88 bits per heavy atom. The van der Waals surface area contributed by atoms with Gasteiger partial charge in [0.15, 0.2) is 0 Å². The molecule has 1 nitrogen and oxygen atoms in total. The molecule has 0 saturated carbocycles. The summed E-state index contributed by atoms with van der Waals surface area (Å²) in [5, 5.41) is 0. The number of hydrogen-bond acceptors (Lipinski definition) is 2. The molecule has 2 aromatic carbocycles. The molecule has 2 aromatic rings. The summed E-state index contributed by atoms with van der Waals surface area (Å²) >= 11 is 1.55. The third-order valence-corrected chi connectivity index (χ3v) is 3.14. The summed E-state index contributed by atoms with van der Waals surface area (Å²) in [5.41, 5.74) is 1.07. The van der Waals surface area contributed by atoms with Gasteiger partial charge in [-0.25, -0.2) is 4.39 Å². The average Bonchev–Trinajstić information content (AvgIpc) is 2.38. The van der Waals surface area contributed by atoms with Crippen LogP contribution in [0.4, 0.5) is 4.39 Å². The summed E-state index contributed by atoms with van der Waals surface area (Å²) in [7, 11) is 0. The zero-order valence-electron chi connectivity index (χ0n) is 9.52. The summed E-state index contributed by atoms with van der Waals surface area (Å²) < 4.78 is 18.8. The summed E-state index contributed by atoms with van der Waals surface area (Å²) in [6.07, 6.45) is 1.95. The van der Waals surface area contributed by atoms with Crippen LogP contribution in [0.2, 0.25) is 0 Å². The van der Waals surface area contributed by atoms with Crippen molar-refractivity contribution in [3.05, 3.63) is 59.9 Å². The fourth-order valence-corrected chi connectivity index (χ4v) is 2.02. The first-order valence-electron chi connectivity index (χ1n) is 5.30. The first kappa shape index (κ1) is 12.0. The van der Waals surface area contributed by atoms with Crippen LogP contribution in [0.15, 0.2) is 53.4 Å². The molecule has 0 atom stereocenters. The SMILES string of the molecule is CSc1ccc(F)cc1OCc1ccccc1. The van der Waals surface area contributed by atoms with E-state index in [4.69, 9.17) is 4.74 Å². The second kappa shape index (κ2) is 5.73. The van der Waals surface area contributed by atoms with Gasteiger partial charge in [0.2, 0.25) is 0 Å². The van der Waals surface area contributed by atoms with Gasteiger partial charge in [0, 0.05) is 11.0 Å². The first-order valence-corrected chi connectivity index (χ1v) is 6.52. The molecule has 0 heterocycles. The van der Waals surface area contributed by atoms with E-state index in [1.165, 1.54) is 12.1 Å². The zero-order chi connectivity index (χ0) is 12.1. The molecule has 0 N–H and O–H groups in total. The second-order valence-corrected chi connectivity index (χ2v) is 4.42. The van der Waals surface area contributed by atoms with Crippen LogP contribution in [0.1, 0.15) is 5.56 Å². The molecule has 0 aromatic heterocycles. The van der Waals surface area contributed by atoms with Crippen LogP contribution >= 0.6 is 11.8 Å². The fraction of sp³-hybridized carbons (Fsp3) is 0.143. The van der Waals surface area contributed by atoms with E-state index in [0.29, 0.717) is 12.4 Å². The van der Waals surface area contributed by atoms with Gasteiger partial charge in [-0.1, -0.05) is 30.3 Å².